The van der Waals surface area contributed by atoms with Gasteiger partial charge in [-0.05, 0) is 36.8 Å². The van der Waals surface area contributed by atoms with Gasteiger partial charge in [0.05, 0.1) is 19.2 Å². The first-order chi connectivity index (χ1) is 11.2. The fourth-order valence-electron chi connectivity index (χ4n) is 2.46. The van der Waals surface area contributed by atoms with Crippen molar-refractivity contribution in [1.82, 2.24) is 15.0 Å². The van der Waals surface area contributed by atoms with Crippen molar-refractivity contribution >= 4 is 17.0 Å². The summed E-state index contributed by atoms with van der Waals surface area (Å²) in [7, 11) is 1.60. The second-order valence-corrected chi connectivity index (χ2v) is 4.95. The molecule has 23 heavy (non-hydrogen) atoms. The fourth-order valence-corrected chi connectivity index (χ4v) is 2.46. The van der Waals surface area contributed by atoms with Gasteiger partial charge >= 0.3 is 5.97 Å². The van der Waals surface area contributed by atoms with Crippen molar-refractivity contribution in [3.05, 3.63) is 54.1 Å². The number of benzene rings is 2. The Morgan fingerprint density at radius 3 is 2.61 bits per heavy atom. The van der Waals surface area contributed by atoms with Crippen LogP contribution in [0.15, 0.2) is 48.5 Å². The van der Waals surface area contributed by atoms with E-state index in [1.54, 1.807) is 30.8 Å². The highest BCUT2D eigenvalue weighted by Crippen LogP contribution is 2.25. The van der Waals surface area contributed by atoms with Crippen LogP contribution in [-0.4, -0.2) is 34.7 Å². The van der Waals surface area contributed by atoms with Crippen LogP contribution in [0.5, 0.6) is 5.75 Å². The maximum Gasteiger partial charge on any atom is 0.335 e. The van der Waals surface area contributed by atoms with Crippen molar-refractivity contribution in [2.45, 2.75) is 13.0 Å². The van der Waals surface area contributed by atoms with Crippen LogP contribution in [0.3, 0.4) is 0 Å². The molecule has 0 saturated carbocycles. The highest BCUT2D eigenvalue weighted by atomic mass is 16.5. The molecule has 1 unspecified atom stereocenters. The van der Waals surface area contributed by atoms with Crippen LogP contribution in [0, 0.1) is 0 Å². The zero-order valence-electron chi connectivity index (χ0n) is 13.0. The highest BCUT2D eigenvalue weighted by Gasteiger charge is 2.27. The molecular formula is C17H17N3O3. The van der Waals surface area contributed by atoms with Gasteiger partial charge in [0.1, 0.15) is 11.3 Å². The maximum atomic E-state index is 12.5. The van der Waals surface area contributed by atoms with E-state index in [9.17, 15) is 4.79 Å². The number of methoxy groups -OCH3 is 1. The number of hydrogen-bond acceptors (Lipinski definition) is 5. The van der Waals surface area contributed by atoms with E-state index in [4.69, 9.17) is 9.47 Å². The van der Waals surface area contributed by atoms with Crippen molar-refractivity contribution < 1.29 is 14.3 Å². The molecule has 0 fully saturated rings. The van der Waals surface area contributed by atoms with E-state index in [1.807, 2.05) is 36.4 Å². The van der Waals surface area contributed by atoms with Crippen molar-refractivity contribution in [2.75, 3.05) is 13.7 Å². The summed E-state index contributed by atoms with van der Waals surface area (Å²) in [5.41, 5.74) is 2.27. The number of ether oxygens (including phenoxy) is 2. The van der Waals surface area contributed by atoms with Crippen molar-refractivity contribution in [3.63, 3.8) is 0 Å². The SMILES string of the molecule is CCOC(=O)C(c1ccc(OC)cc1)n1nnc2ccccc21. The van der Waals surface area contributed by atoms with Gasteiger partial charge in [0.15, 0.2) is 6.04 Å². The Bertz CT molecular complexity index is 811. The first-order valence-corrected chi connectivity index (χ1v) is 7.35. The smallest absolute Gasteiger partial charge is 0.335 e. The first-order valence-electron chi connectivity index (χ1n) is 7.35. The van der Waals surface area contributed by atoms with E-state index >= 15 is 0 Å². The lowest BCUT2D eigenvalue weighted by atomic mass is 10.1. The minimum atomic E-state index is -0.687. The number of carbonyl (C=O) groups is 1. The first kappa shape index (κ1) is 15.0. The summed E-state index contributed by atoms with van der Waals surface area (Å²) in [6, 6.07) is 14.1. The van der Waals surface area contributed by atoms with E-state index < -0.39 is 6.04 Å². The molecule has 0 spiro atoms. The van der Waals surface area contributed by atoms with Crippen LogP contribution in [0.2, 0.25) is 0 Å². The number of para-hydroxylation sites is 1. The van der Waals surface area contributed by atoms with Crippen LogP contribution in [0.1, 0.15) is 18.5 Å². The third-order valence-corrected chi connectivity index (χ3v) is 3.56. The van der Waals surface area contributed by atoms with E-state index in [1.165, 1.54) is 0 Å². The Balaban J connectivity index is 2.09. The number of esters is 1. The van der Waals surface area contributed by atoms with Gasteiger partial charge in [-0.15, -0.1) is 5.10 Å². The minimum Gasteiger partial charge on any atom is -0.497 e. The molecule has 0 aliphatic rings. The molecule has 1 atom stereocenters. The molecule has 1 heterocycles. The van der Waals surface area contributed by atoms with Crippen molar-refractivity contribution in [3.8, 4) is 5.75 Å². The predicted molar refractivity (Wildman–Crippen MR) is 85.3 cm³/mol. The van der Waals surface area contributed by atoms with Gasteiger partial charge in [0.25, 0.3) is 0 Å². The number of nitrogens with zero attached hydrogens (tertiary/aromatic N) is 3. The molecule has 118 valence electrons. The molecule has 0 amide bonds. The van der Waals surface area contributed by atoms with Crippen LogP contribution in [-0.2, 0) is 9.53 Å². The number of hydrogen-bond donors (Lipinski definition) is 0. The lowest BCUT2D eigenvalue weighted by Gasteiger charge is -2.17. The third kappa shape index (κ3) is 2.88. The normalized spacial score (nSPS) is 12.1. The Morgan fingerprint density at radius 2 is 1.91 bits per heavy atom. The summed E-state index contributed by atoms with van der Waals surface area (Å²) in [5, 5.41) is 8.27. The average molecular weight is 311 g/mol. The standard InChI is InChI=1S/C17H17N3O3/c1-3-23-17(21)16(12-8-10-13(22-2)11-9-12)20-15-7-5-4-6-14(15)18-19-20/h4-11,16H,3H2,1-2H3. The quantitative estimate of drug-likeness (QED) is 0.678. The Hall–Kier alpha value is -2.89. The monoisotopic (exact) mass is 311 g/mol. The second-order valence-electron chi connectivity index (χ2n) is 4.95. The molecule has 0 N–H and O–H groups in total. The van der Waals surface area contributed by atoms with Crippen LogP contribution in [0.4, 0.5) is 0 Å². The summed E-state index contributed by atoms with van der Waals surface area (Å²) < 4.78 is 12.0. The Morgan fingerprint density at radius 1 is 1.17 bits per heavy atom. The number of aromatic nitrogens is 3. The van der Waals surface area contributed by atoms with Gasteiger partial charge < -0.3 is 9.47 Å². The molecule has 3 aromatic rings. The predicted octanol–water partition coefficient (Wildman–Crippen LogP) is 2.59. The maximum absolute atomic E-state index is 12.5. The van der Waals surface area contributed by atoms with Gasteiger partial charge in [-0.3, -0.25) is 0 Å². The van der Waals surface area contributed by atoms with Crippen molar-refractivity contribution in [2.24, 2.45) is 0 Å². The van der Waals surface area contributed by atoms with Crippen LogP contribution < -0.4 is 4.74 Å². The molecular weight excluding hydrogens is 294 g/mol. The average Bonchev–Trinajstić information content (AvgIpc) is 3.00. The van der Waals surface area contributed by atoms with Gasteiger partial charge in [-0.1, -0.05) is 29.5 Å². The molecule has 0 radical (unpaired) electrons. The summed E-state index contributed by atoms with van der Waals surface area (Å²) in [4.78, 5) is 12.5. The number of carbonyl (C=O) groups excluding carboxylic acids is 1. The molecule has 0 aliphatic carbocycles. The topological polar surface area (TPSA) is 66.2 Å². The number of fused-ring (bicyclic) bond motifs is 1. The Labute approximate surface area is 133 Å². The van der Waals surface area contributed by atoms with E-state index in [-0.39, 0.29) is 5.97 Å². The summed E-state index contributed by atoms with van der Waals surface area (Å²) >= 11 is 0. The van der Waals surface area contributed by atoms with E-state index in [0.717, 1.165) is 22.3 Å². The van der Waals surface area contributed by atoms with E-state index in [0.29, 0.717) is 6.61 Å². The van der Waals surface area contributed by atoms with Crippen LogP contribution in [0.25, 0.3) is 11.0 Å². The lowest BCUT2D eigenvalue weighted by Crippen LogP contribution is -2.24. The Kier molecular flexibility index (Phi) is 4.23. The molecule has 0 saturated heterocycles. The van der Waals surface area contributed by atoms with Gasteiger partial charge in [0.2, 0.25) is 0 Å². The second kappa shape index (κ2) is 6.48. The lowest BCUT2D eigenvalue weighted by molar-refractivity contribution is -0.146. The zero-order chi connectivity index (χ0) is 16.2. The molecule has 1 aromatic heterocycles. The minimum absolute atomic E-state index is 0.304. The molecule has 2 aromatic carbocycles. The van der Waals surface area contributed by atoms with Crippen molar-refractivity contribution in [1.29, 1.82) is 0 Å². The summed E-state index contributed by atoms with van der Waals surface area (Å²) in [5.74, 6) is 0.355. The molecule has 0 aliphatic heterocycles. The van der Waals surface area contributed by atoms with Crippen LogP contribution >= 0.6 is 0 Å². The summed E-state index contributed by atoms with van der Waals surface area (Å²) in [6.45, 7) is 2.08. The van der Waals surface area contributed by atoms with E-state index in [2.05, 4.69) is 10.3 Å². The largest absolute Gasteiger partial charge is 0.497 e. The molecule has 6 nitrogen and oxygen atoms in total. The summed E-state index contributed by atoms with van der Waals surface area (Å²) in [6.07, 6.45) is 0. The number of rotatable bonds is 5. The van der Waals surface area contributed by atoms with Gasteiger partial charge in [-0.2, -0.15) is 0 Å². The van der Waals surface area contributed by atoms with Gasteiger partial charge in [0, 0.05) is 0 Å². The zero-order valence-corrected chi connectivity index (χ0v) is 13.0. The molecule has 0 bridgehead atoms. The van der Waals surface area contributed by atoms with Gasteiger partial charge in [-0.25, -0.2) is 9.48 Å². The molecule has 3 rings (SSSR count). The third-order valence-electron chi connectivity index (χ3n) is 3.56. The molecule has 6 heteroatoms. The fraction of sp³-hybridized carbons (Fsp3) is 0.235. The highest BCUT2D eigenvalue weighted by molar-refractivity contribution is 5.82.